The van der Waals surface area contributed by atoms with E-state index in [1.165, 1.54) is 6.07 Å². The van der Waals surface area contributed by atoms with Crippen molar-refractivity contribution in [3.8, 4) is 0 Å². The first kappa shape index (κ1) is 7.59. The summed E-state index contributed by atoms with van der Waals surface area (Å²) in [5.41, 5.74) is 0. The second kappa shape index (κ2) is 3.05. The molecule has 3 nitrogen and oxygen atoms in total. The Morgan fingerprint density at radius 1 is 1.70 bits per heavy atom. The van der Waals surface area contributed by atoms with Gasteiger partial charge in [0.2, 0.25) is 5.76 Å². The Bertz CT molecular complexity index is 241. The highest BCUT2D eigenvalue weighted by Gasteiger charge is 2.06. The molecule has 0 aliphatic heterocycles. The third-order valence-corrected chi connectivity index (χ3v) is 1.76. The number of carboxylic acids is 1. The third-order valence-electron chi connectivity index (χ3n) is 1.00. The first-order valence-corrected chi connectivity index (χ1v) is 4.14. The summed E-state index contributed by atoms with van der Waals surface area (Å²) in [5.74, 6) is -0.319. The van der Waals surface area contributed by atoms with Crippen molar-refractivity contribution < 1.29 is 14.3 Å². The Labute approximate surface area is 71.2 Å². The molecule has 0 atom stereocenters. The molecule has 10 heavy (non-hydrogen) atoms. The first-order chi connectivity index (χ1) is 4.74. The average Bonchev–Trinajstić information content (AvgIpc) is 2.34. The molecule has 1 aromatic heterocycles. The van der Waals surface area contributed by atoms with E-state index in [1.54, 1.807) is 6.07 Å². The van der Waals surface area contributed by atoms with E-state index in [1.807, 2.05) is 0 Å². The topological polar surface area (TPSA) is 50.4 Å². The molecule has 4 heteroatoms. The van der Waals surface area contributed by atoms with Gasteiger partial charge in [-0.2, -0.15) is 0 Å². The highest BCUT2D eigenvalue weighted by Crippen LogP contribution is 2.10. The van der Waals surface area contributed by atoms with Crippen LogP contribution in [0.1, 0.15) is 16.3 Å². The number of carboxylic acid groups (broad SMARTS) is 1. The van der Waals surface area contributed by atoms with Crippen molar-refractivity contribution >= 4 is 28.6 Å². The van der Waals surface area contributed by atoms with E-state index in [2.05, 4.69) is 22.6 Å². The number of aromatic carboxylic acids is 1. The molecule has 1 N–H and O–H groups in total. The van der Waals surface area contributed by atoms with E-state index in [9.17, 15) is 4.79 Å². The largest absolute Gasteiger partial charge is 0.475 e. The van der Waals surface area contributed by atoms with Crippen LogP contribution in [0, 0.1) is 0 Å². The molecule has 0 aliphatic carbocycles. The number of hydrogen-bond acceptors (Lipinski definition) is 2. The lowest BCUT2D eigenvalue weighted by molar-refractivity contribution is 0.0661. The lowest BCUT2D eigenvalue weighted by Gasteiger charge is -1.84. The van der Waals surface area contributed by atoms with Gasteiger partial charge in [-0.15, -0.1) is 0 Å². The highest BCUT2D eigenvalue weighted by atomic mass is 127. The van der Waals surface area contributed by atoms with Crippen LogP contribution in [-0.2, 0) is 4.43 Å². The molecule has 54 valence electrons. The van der Waals surface area contributed by atoms with Gasteiger partial charge in [0, 0.05) is 0 Å². The summed E-state index contributed by atoms with van der Waals surface area (Å²) in [6.45, 7) is 0. The molecule has 0 bridgehead atoms. The summed E-state index contributed by atoms with van der Waals surface area (Å²) < 4.78 is 5.59. The Morgan fingerprint density at radius 2 is 2.40 bits per heavy atom. The van der Waals surface area contributed by atoms with Gasteiger partial charge >= 0.3 is 5.97 Å². The number of furan rings is 1. The summed E-state index contributed by atoms with van der Waals surface area (Å²) in [6, 6.07) is 3.12. The molecule has 0 unspecified atom stereocenters. The smallest absolute Gasteiger partial charge is 0.371 e. The quantitative estimate of drug-likeness (QED) is 0.646. The second-order valence-corrected chi connectivity index (χ2v) is 2.47. The Balaban J connectivity index is 2.88. The van der Waals surface area contributed by atoms with Crippen LogP contribution in [0.15, 0.2) is 16.5 Å². The lowest BCUT2D eigenvalue weighted by atomic mass is 10.4. The highest BCUT2D eigenvalue weighted by molar-refractivity contribution is 14.1. The molecule has 0 radical (unpaired) electrons. The van der Waals surface area contributed by atoms with Crippen molar-refractivity contribution in [2.24, 2.45) is 0 Å². The maximum absolute atomic E-state index is 10.2. The van der Waals surface area contributed by atoms with Crippen LogP contribution >= 0.6 is 22.6 Å². The van der Waals surface area contributed by atoms with Crippen LogP contribution < -0.4 is 0 Å². The minimum atomic E-state index is -1.02. The predicted octanol–water partition coefficient (Wildman–Crippen LogP) is 1.91. The molecule has 0 spiro atoms. The van der Waals surface area contributed by atoms with E-state index in [-0.39, 0.29) is 5.76 Å². The van der Waals surface area contributed by atoms with Gasteiger partial charge in [-0.25, -0.2) is 4.79 Å². The number of rotatable bonds is 2. The molecule has 0 aromatic carbocycles. The Kier molecular flexibility index (Phi) is 2.31. The number of carbonyl (C=O) groups is 1. The predicted molar refractivity (Wildman–Crippen MR) is 43.4 cm³/mol. The normalized spacial score (nSPS) is 9.70. The van der Waals surface area contributed by atoms with Gasteiger partial charge in [-0.05, 0) is 12.1 Å². The van der Waals surface area contributed by atoms with Gasteiger partial charge in [0.25, 0.3) is 0 Å². The summed E-state index contributed by atoms with van der Waals surface area (Å²) in [7, 11) is 0. The van der Waals surface area contributed by atoms with Crippen LogP contribution in [-0.4, -0.2) is 11.1 Å². The zero-order valence-electron chi connectivity index (χ0n) is 5.00. The average molecular weight is 252 g/mol. The zero-order chi connectivity index (χ0) is 7.56. The molecule has 0 aliphatic rings. The first-order valence-electron chi connectivity index (χ1n) is 2.62. The van der Waals surface area contributed by atoms with Crippen LogP contribution in [0.5, 0.6) is 0 Å². The minimum absolute atomic E-state index is 0.00617. The van der Waals surface area contributed by atoms with Gasteiger partial charge in [-0.1, -0.05) is 22.6 Å². The van der Waals surface area contributed by atoms with Crippen molar-refractivity contribution in [1.82, 2.24) is 0 Å². The summed E-state index contributed by atoms with van der Waals surface area (Å²) in [6.07, 6.45) is 0. The van der Waals surface area contributed by atoms with Crippen molar-refractivity contribution in [2.45, 2.75) is 4.43 Å². The maximum atomic E-state index is 10.2. The van der Waals surface area contributed by atoms with Crippen LogP contribution in [0.2, 0.25) is 0 Å². The van der Waals surface area contributed by atoms with Gasteiger partial charge in [-0.3, -0.25) is 0 Å². The van der Waals surface area contributed by atoms with E-state index >= 15 is 0 Å². The molecule has 0 amide bonds. The van der Waals surface area contributed by atoms with Crippen molar-refractivity contribution in [2.75, 3.05) is 0 Å². The molecule has 0 fully saturated rings. The number of alkyl halides is 1. The molecule has 0 saturated heterocycles. The van der Waals surface area contributed by atoms with E-state index in [0.29, 0.717) is 10.2 Å². The lowest BCUT2D eigenvalue weighted by Crippen LogP contribution is -1.91. The van der Waals surface area contributed by atoms with E-state index < -0.39 is 5.97 Å². The van der Waals surface area contributed by atoms with Crippen LogP contribution in [0.3, 0.4) is 0 Å². The monoisotopic (exact) mass is 252 g/mol. The van der Waals surface area contributed by atoms with Crippen LogP contribution in [0.25, 0.3) is 0 Å². The number of hydrogen-bond donors (Lipinski definition) is 1. The number of halogens is 1. The fourth-order valence-electron chi connectivity index (χ4n) is 0.565. The molecule has 1 rings (SSSR count). The maximum Gasteiger partial charge on any atom is 0.371 e. The molecule has 1 aromatic rings. The van der Waals surface area contributed by atoms with Gasteiger partial charge < -0.3 is 9.52 Å². The Morgan fingerprint density at radius 3 is 2.70 bits per heavy atom. The van der Waals surface area contributed by atoms with Gasteiger partial charge in [0.15, 0.2) is 0 Å². The van der Waals surface area contributed by atoms with Crippen molar-refractivity contribution in [3.63, 3.8) is 0 Å². The molecule has 0 saturated carbocycles. The summed E-state index contributed by atoms with van der Waals surface area (Å²) >= 11 is 2.10. The van der Waals surface area contributed by atoms with E-state index in [4.69, 9.17) is 9.52 Å². The third kappa shape index (κ3) is 1.50. The minimum Gasteiger partial charge on any atom is -0.475 e. The van der Waals surface area contributed by atoms with E-state index in [0.717, 1.165) is 0 Å². The molecular weight excluding hydrogens is 247 g/mol. The van der Waals surface area contributed by atoms with Gasteiger partial charge in [0.05, 0.1) is 4.43 Å². The second-order valence-electron chi connectivity index (χ2n) is 1.70. The molecular formula is C6H5IO3. The van der Waals surface area contributed by atoms with Gasteiger partial charge in [0.1, 0.15) is 5.76 Å². The summed E-state index contributed by atoms with van der Waals surface area (Å²) in [4.78, 5) is 10.2. The van der Waals surface area contributed by atoms with Crippen molar-refractivity contribution in [3.05, 3.63) is 23.7 Å². The molecule has 1 heterocycles. The zero-order valence-corrected chi connectivity index (χ0v) is 7.16. The SMILES string of the molecule is O=C(O)c1ccc(CI)o1. The van der Waals surface area contributed by atoms with Crippen LogP contribution in [0.4, 0.5) is 0 Å². The fourth-order valence-corrected chi connectivity index (χ4v) is 0.975. The Hall–Kier alpha value is -0.520. The summed E-state index contributed by atoms with van der Waals surface area (Å²) in [5, 5.41) is 8.40. The van der Waals surface area contributed by atoms with Crippen molar-refractivity contribution in [1.29, 1.82) is 0 Å². The standard InChI is InChI=1S/C6H5IO3/c7-3-4-1-2-5(10-4)6(8)9/h1-2H,3H2,(H,8,9). The fraction of sp³-hybridized carbons (Fsp3) is 0.167.